The number of aromatic amines is 1. The van der Waals surface area contributed by atoms with Crippen LogP contribution in [0.25, 0.3) is 10.9 Å². The molecule has 1 aromatic heterocycles. The summed E-state index contributed by atoms with van der Waals surface area (Å²) in [6, 6.07) is 3.83. The summed E-state index contributed by atoms with van der Waals surface area (Å²) in [6.07, 6.45) is 0.637. The molecule has 7 heteroatoms. The lowest BCUT2D eigenvalue weighted by atomic mass is 10.2. The number of carbonyl (C=O) groups is 2. The highest BCUT2D eigenvalue weighted by atomic mass is 19.1. The average molecular weight is 321 g/mol. The molecule has 1 heterocycles. The van der Waals surface area contributed by atoms with E-state index in [1.807, 2.05) is 0 Å². The van der Waals surface area contributed by atoms with Gasteiger partial charge in [-0.15, -0.1) is 0 Å². The van der Waals surface area contributed by atoms with E-state index in [9.17, 15) is 19.1 Å². The monoisotopic (exact) mass is 321 g/mol. The molecule has 2 aromatic rings. The number of hydrogen-bond acceptors (Lipinski definition) is 3. The smallest absolute Gasteiger partial charge is 0.270 e. The SMILES string of the molecule is CC(=O)N(C)CCCN(C)C(=O)c1cc2c(O)ccc(F)c2[nH]1. The molecular weight excluding hydrogens is 301 g/mol. The zero-order valence-electron chi connectivity index (χ0n) is 13.4. The van der Waals surface area contributed by atoms with Crippen molar-refractivity contribution in [2.24, 2.45) is 0 Å². The Kier molecular flexibility index (Phi) is 4.88. The van der Waals surface area contributed by atoms with Crippen molar-refractivity contribution in [2.45, 2.75) is 13.3 Å². The predicted molar refractivity (Wildman–Crippen MR) is 84.8 cm³/mol. The van der Waals surface area contributed by atoms with Crippen LogP contribution in [0, 0.1) is 5.82 Å². The lowest BCUT2D eigenvalue weighted by Gasteiger charge is -2.19. The molecule has 0 aliphatic carbocycles. The summed E-state index contributed by atoms with van der Waals surface area (Å²) in [6.45, 7) is 2.50. The third-order valence-electron chi connectivity index (χ3n) is 3.82. The van der Waals surface area contributed by atoms with E-state index in [0.717, 1.165) is 6.07 Å². The van der Waals surface area contributed by atoms with Crippen LogP contribution in [0.15, 0.2) is 18.2 Å². The number of aromatic hydroxyl groups is 1. The average Bonchev–Trinajstić information content (AvgIpc) is 2.96. The quantitative estimate of drug-likeness (QED) is 0.884. The van der Waals surface area contributed by atoms with Crippen LogP contribution in [0.4, 0.5) is 4.39 Å². The van der Waals surface area contributed by atoms with E-state index >= 15 is 0 Å². The van der Waals surface area contributed by atoms with Crippen molar-refractivity contribution in [1.29, 1.82) is 0 Å². The maximum atomic E-state index is 13.7. The van der Waals surface area contributed by atoms with Gasteiger partial charge in [0.1, 0.15) is 17.3 Å². The molecule has 6 nitrogen and oxygen atoms in total. The Morgan fingerprint density at radius 3 is 2.48 bits per heavy atom. The number of benzene rings is 1. The second kappa shape index (κ2) is 6.68. The highest BCUT2D eigenvalue weighted by Gasteiger charge is 2.17. The Morgan fingerprint density at radius 2 is 1.87 bits per heavy atom. The molecule has 23 heavy (non-hydrogen) atoms. The lowest BCUT2D eigenvalue weighted by molar-refractivity contribution is -0.127. The van der Waals surface area contributed by atoms with E-state index in [1.54, 1.807) is 19.0 Å². The molecule has 0 bridgehead atoms. The van der Waals surface area contributed by atoms with Gasteiger partial charge in [-0.1, -0.05) is 0 Å². The van der Waals surface area contributed by atoms with Crippen molar-refractivity contribution in [1.82, 2.24) is 14.8 Å². The summed E-state index contributed by atoms with van der Waals surface area (Å²) in [5.74, 6) is -0.934. The number of nitrogens with one attached hydrogen (secondary N) is 1. The molecule has 0 aliphatic heterocycles. The van der Waals surface area contributed by atoms with E-state index in [2.05, 4.69) is 4.98 Å². The largest absolute Gasteiger partial charge is 0.507 e. The minimum absolute atomic E-state index is 0.0273. The minimum Gasteiger partial charge on any atom is -0.507 e. The maximum Gasteiger partial charge on any atom is 0.270 e. The molecule has 2 N–H and O–H groups in total. The van der Waals surface area contributed by atoms with Gasteiger partial charge in [-0.2, -0.15) is 0 Å². The Bertz CT molecular complexity index is 702. The maximum absolute atomic E-state index is 13.7. The number of halogens is 1. The molecular formula is C16H20FN3O3. The van der Waals surface area contributed by atoms with Gasteiger partial charge >= 0.3 is 0 Å². The molecule has 1 aromatic carbocycles. The van der Waals surface area contributed by atoms with E-state index in [0.29, 0.717) is 19.5 Å². The number of phenols is 1. The Balaban J connectivity index is 2.06. The summed E-state index contributed by atoms with van der Waals surface area (Å²) < 4.78 is 13.7. The third-order valence-corrected chi connectivity index (χ3v) is 3.82. The highest BCUT2D eigenvalue weighted by molar-refractivity contribution is 5.99. The molecule has 124 valence electrons. The summed E-state index contributed by atoms with van der Waals surface area (Å²) >= 11 is 0. The van der Waals surface area contributed by atoms with Gasteiger partial charge in [0, 0.05) is 39.5 Å². The van der Waals surface area contributed by atoms with Crippen LogP contribution in [-0.2, 0) is 4.79 Å². The second-order valence-corrected chi connectivity index (χ2v) is 5.56. The van der Waals surface area contributed by atoms with Crippen LogP contribution in [0.2, 0.25) is 0 Å². The van der Waals surface area contributed by atoms with Crippen LogP contribution in [-0.4, -0.2) is 58.9 Å². The first kappa shape index (κ1) is 16.8. The fourth-order valence-corrected chi connectivity index (χ4v) is 2.30. The second-order valence-electron chi connectivity index (χ2n) is 5.56. The molecule has 2 rings (SSSR count). The molecule has 0 aliphatic rings. The number of phenolic OH excluding ortho intramolecular Hbond substituents is 1. The number of fused-ring (bicyclic) bond motifs is 1. The van der Waals surface area contributed by atoms with Crippen molar-refractivity contribution in [3.63, 3.8) is 0 Å². The molecule has 0 saturated heterocycles. The summed E-state index contributed by atoms with van der Waals surface area (Å²) in [7, 11) is 3.34. The van der Waals surface area contributed by atoms with Crippen molar-refractivity contribution >= 4 is 22.7 Å². The predicted octanol–water partition coefficient (Wildman–Crippen LogP) is 1.95. The molecule has 0 radical (unpaired) electrons. The number of nitrogens with zero attached hydrogens (tertiary/aromatic N) is 2. The van der Waals surface area contributed by atoms with Crippen LogP contribution in [0.1, 0.15) is 23.8 Å². The van der Waals surface area contributed by atoms with Gasteiger partial charge in [0.05, 0.1) is 5.52 Å². The van der Waals surface area contributed by atoms with Gasteiger partial charge in [-0.3, -0.25) is 9.59 Å². The molecule has 0 spiro atoms. The van der Waals surface area contributed by atoms with Crippen molar-refractivity contribution < 1.29 is 19.1 Å². The van der Waals surface area contributed by atoms with Crippen molar-refractivity contribution in [3.05, 3.63) is 29.7 Å². The molecule has 0 fully saturated rings. The zero-order valence-corrected chi connectivity index (χ0v) is 13.4. The topological polar surface area (TPSA) is 76.6 Å². The Morgan fingerprint density at radius 1 is 1.22 bits per heavy atom. The Labute approximate surface area is 133 Å². The number of hydrogen-bond donors (Lipinski definition) is 2. The van der Waals surface area contributed by atoms with E-state index in [-0.39, 0.29) is 34.2 Å². The Hall–Kier alpha value is -2.57. The minimum atomic E-state index is -0.525. The third kappa shape index (κ3) is 3.61. The van der Waals surface area contributed by atoms with Gasteiger partial charge in [0.15, 0.2) is 0 Å². The lowest BCUT2D eigenvalue weighted by Crippen LogP contribution is -2.32. The van der Waals surface area contributed by atoms with Gasteiger partial charge in [-0.05, 0) is 24.6 Å². The van der Waals surface area contributed by atoms with Crippen LogP contribution >= 0.6 is 0 Å². The van der Waals surface area contributed by atoms with Crippen LogP contribution in [0.3, 0.4) is 0 Å². The van der Waals surface area contributed by atoms with Gasteiger partial charge < -0.3 is 19.9 Å². The number of aromatic nitrogens is 1. The fourth-order valence-electron chi connectivity index (χ4n) is 2.30. The highest BCUT2D eigenvalue weighted by Crippen LogP contribution is 2.27. The van der Waals surface area contributed by atoms with Crippen molar-refractivity contribution in [2.75, 3.05) is 27.2 Å². The van der Waals surface area contributed by atoms with Crippen LogP contribution < -0.4 is 0 Å². The van der Waals surface area contributed by atoms with Gasteiger partial charge in [0.2, 0.25) is 5.91 Å². The van der Waals surface area contributed by atoms with E-state index in [1.165, 1.54) is 24.0 Å². The summed E-state index contributed by atoms with van der Waals surface area (Å²) in [5, 5.41) is 10.0. The number of rotatable bonds is 5. The first-order valence-electron chi connectivity index (χ1n) is 7.28. The fraction of sp³-hybridized carbons (Fsp3) is 0.375. The first-order valence-corrected chi connectivity index (χ1v) is 7.28. The van der Waals surface area contributed by atoms with Gasteiger partial charge in [-0.25, -0.2) is 4.39 Å². The standard InChI is InChI=1S/C16H20FN3O3/c1-10(21)19(2)7-4-8-20(3)16(23)13-9-11-14(22)6-5-12(17)15(11)18-13/h5-6,9,18,22H,4,7-8H2,1-3H3. The molecule has 2 amide bonds. The number of amides is 2. The molecule has 0 unspecified atom stereocenters. The van der Waals surface area contributed by atoms with Crippen molar-refractivity contribution in [3.8, 4) is 5.75 Å². The van der Waals surface area contributed by atoms with E-state index in [4.69, 9.17) is 0 Å². The summed E-state index contributed by atoms with van der Waals surface area (Å²) in [5.41, 5.74) is 0.320. The van der Waals surface area contributed by atoms with Gasteiger partial charge in [0.25, 0.3) is 5.91 Å². The molecule has 0 atom stereocenters. The summed E-state index contributed by atoms with van der Waals surface area (Å²) in [4.78, 5) is 29.3. The van der Waals surface area contributed by atoms with Crippen LogP contribution in [0.5, 0.6) is 5.75 Å². The first-order chi connectivity index (χ1) is 10.8. The number of H-pyrrole nitrogens is 1. The molecule has 0 saturated carbocycles. The zero-order chi connectivity index (χ0) is 17.1. The van der Waals surface area contributed by atoms with E-state index < -0.39 is 5.82 Å². The number of carbonyl (C=O) groups excluding carboxylic acids is 2. The normalized spacial score (nSPS) is 10.8.